The number of hydrogen-bond donors (Lipinski definition) is 2. The van der Waals surface area contributed by atoms with Crippen LogP contribution in [0.5, 0.6) is 0 Å². The smallest absolute Gasteiger partial charge is 0.251 e. The van der Waals surface area contributed by atoms with E-state index in [1.54, 1.807) is 18.3 Å². The van der Waals surface area contributed by atoms with Gasteiger partial charge in [-0.3, -0.25) is 9.78 Å². The van der Waals surface area contributed by atoms with Crippen molar-refractivity contribution in [1.29, 1.82) is 0 Å². The van der Waals surface area contributed by atoms with Crippen LogP contribution in [0.2, 0.25) is 0 Å². The Hall–Kier alpha value is -1.42. The minimum Gasteiger partial charge on any atom is -0.349 e. The predicted octanol–water partition coefficient (Wildman–Crippen LogP) is 1.85. The van der Waals surface area contributed by atoms with Crippen LogP contribution in [0.1, 0.15) is 49.2 Å². The van der Waals surface area contributed by atoms with Gasteiger partial charge in [-0.2, -0.15) is 0 Å². The highest BCUT2D eigenvalue weighted by molar-refractivity contribution is 5.94. The first-order valence-corrected chi connectivity index (χ1v) is 6.49. The summed E-state index contributed by atoms with van der Waals surface area (Å²) in [6, 6.07) is 3.76. The van der Waals surface area contributed by atoms with Crippen LogP contribution in [-0.4, -0.2) is 16.9 Å². The Morgan fingerprint density at radius 1 is 1.61 bits per heavy atom. The van der Waals surface area contributed by atoms with E-state index in [0.29, 0.717) is 12.1 Å². The molecule has 0 bridgehead atoms. The Balaban J connectivity index is 2.07. The first kappa shape index (κ1) is 13.0. The fourth-order valence-electron chi connectivity index (χ4n) is 2.57. The zero-order valence-corrected chi connectivity index (χ0v) is 11.1. The molecule has 1 aliphatic rings. The standard InChI is InChI=1S/C14H21N3O/c1-14(2)6-3-4-12(14)17-13(18)10-5-7-16-11(8-10)9-15/h5,7-8,12H,3-4,6,9,15H2,1-2H3,(H,17,18). The molecule has 1 heterocycles. The zero-order valence-electron chi connectivity index (χ0n) is 11.1. The topological polar surface area (TPSA) is 68.0 Å². The van der Waals surface area contributed by atoms with E-state index in [2.05, 4.69) is 24.1 Å². The maximum Gasteiger partial charge on any atom is 0.251 e. The Labute approximate surface area is 108 Å². The second kappa shape index (κ2) is 5.06. The number of nitrogens with zero attached hydrogens (tertiary/aromatic N) is 1. The molecule has 0 saturated heterocycles. The van der Waals surface area contributed by atoms with E-state index in [-0.39, 0.29) is 17.4 Å². The maximum atomic E-state index is 12.2. The number of aromatic nitrogens is 1. The lowest BCUT2D eigenvalue weighted by molar-refractivity contribution is 0.0910. The molecule has 2 rings (SSSR count). The molecule has 1 unspecified atom stereocenters. The minimum atomic E-state index is -0.0212. The monoisotopic (exact) mass is 247 g/mol. The van der Waals surface area contributed by atoms with Gasteiger partial charge < -0.3 is 11.1 Å². The van der Waals surface area contributed by atoms with Crippen molar-refractivity contribution in [3.8, 4) is 0 Å². The van der Waals surface area contributed by atoms with Crippen molar-refractivity contribution in [3.05, 3.63) is 29.6 Å². The minimum absolute atomic E-state index is 0.0212. The van der Waals surface area contributed by atoms with Gasteiger partial charge in [0, 0.05) is 24.3 Å². The highest BCUT2D eigenvalue weighted by Crippen LogP contribution is 2.37. The van der Waals surface area contributed by atoms with Crippen LogP contribution in [0.25, 0.3) is 0 Å². The van der Waals surface area contributed by atoms with Crippen molar-refractivity contribution < 1.29 is 4.79 Å². The first-order chi connectivity index (χ1) is 8.53. The van der Waals surface area contributed by atoms with Gasteiger partial charge in [-0.15, -0.1) is 0 Å². The average Bonchev–Trinajstić information content (AvgIpc) is 2.69. The molecule has 0 aliphatic heterocycles. The summed E-state index contributed by atoms with van der Waals surface area (Å²) in [5, 5.41) is 3.13. The molecular formula is C14H21N3O. The quantitative estimate of drug-likeness (QED) is 0.856. The molecule has 1 atom stereocenters. The summed E-state index contributed by atoms with van der Waals surface area (Å²) in [5.74, 6) is -0.0212. The fraction of sp³-hybridized carbons (Fsp3) is 0.571. The Kier molecular flexibility index (Phi) is 3.66. The molecule has 0 radical (unpaired) electrons. The normalized spacial score (nSPS) is 21.8. The second-order valence-corrected chi connectivity index (χ2v) is 5.65. The lowest BCUT2D eigenvalue weighted by atomic mass is 9.87. The molecule has 4 heteroatoms. The third kappa shape index (κ3) is 2.70. The molecule has 3 N–H and O–H groups in total. The Morgan fingerprint density at radius 3 is 3.00 bits per heavy atom. The molecule has 4 nitrogen and oxygen atoms in total. The van der Waals surface area contributed by atoms with Crippen LogP contribution in [0.15, 0.2) is 18.3 Å². The lowest BCUT2D eigenvalue weighted by Crippen LogP contribution is -2.41. The van der Waals surface area contributed by atoms with Gasteiger partial charge in [0.2, 0.25) is 0 Å². The number of carbonyl (C=O) groups excluding carboxylic acids is 1. The van der Waals surface area contributed by atoms with Crippen LogP contribution < -0.4 is 11.1 Å². The van der Waals surface area contributed by atoms with E-state index in [1.165, 1.54) is 12.8 Å². The number of carbonyl (C=O) groups is 1. The van der Waals surface area contributed by atoms with Crippen molar-refractivity contribution in [2.24, 2.45) is 11.1 Å². The van der Waals surface area contributed by atoms with Gasteiger partial charge in [0.05, 0.1) is 5.69 Å². The van der Waals surface area contributed by atoms with E-state index in [1.807, 2.05) is 0 Å². The molecule has 1 aromatic heterocycles. The predicted molar refractivity (Wildman–Crippen MR) is 71.0 cm³/mol. The number of hydrogen-bond acceptors (Lipinski definition) is 3. The molecule has 0 spiro atoms. The molecule has 1 aliphatic carbocycles. The van der Waals surface area contributed by atoms with Crippen molar-refractivity contribution in [2.45, 2.75) is 45.7 Å². The molecule has 0 aromatic carbocycles. The van der Waals surface area contributed by atoms with Crippen molar-refractivity contribution in [1.82, 2.24) is 10.3 Å². The summed E-state index contributed by atoms with van der Waals surface area (Å²) in [6.45, 7) is 4.78. The van der Waals surface area contributed by atoms with Crippen molar-refractivity contribution in [3.63, 3.8) is 0 Å². The van der Waals surface area contributed by atoms with E-state index in [9.17, 15) is 4.79 Å². The summed E-state index contributed by atoms with van der Waals surface area (Å²) in [5.41, 5.74) is 7.12. The highest BCUT2D eigenvalue weighted by atomic mass is 16.1. The van der Waals surface area contributed by atoms with Gasteiger partial charge in [-0.25, -0.2) is 0 Å². The van der Waals surface area contributed by atoms with Crippen LogP contribution in [-0.2, 0) is 6.54 Å². The SMILES string of the molecule is CC1(C)CCCC1NC(=O)c1ccnc(CN)c1. The van der Waals surface area contributed by atoms with Crippen LogP contribution in [0, 0.1) is 5.41 Å². The Bertz CT molecular complexity index is 442. The maximum absolute atomic E-state index is 12.2. The molecule has 1 saturated carbocycles. The zero-order chi connectivity index (χ0) is 13.2. The molecular weight excluding hydrogens is 226 g/mol. The summed E-state index contributed by atoms with van der Waals surface area (Å²) < 4.78 is 0. The van der Waals surface area contributed by atoms with Crippen LogP contribution >= 0.6 is 0 Å². The largest absolute Gasteiger partial charge is 0.349 e. The number of pyridine rings is 1. The van der Waals surface area contributed by atoms with E-state index >= 15 is 0 Å². The third-order valence-corrected chi connectivity index (χ3v) is 3.85. The molecule has 98 valence electrons. The van der Waals surface area contributed by atoms with Gasteiger partial charge >= 0.3 is 0 Å². The molecule has 18 heavy (non-hydrogen) atoms. The summed E-state index contributed by atoms with van der Waals surface area (Å²) in [6.07, 6.45) is 5.05. The summed E-state index contributed by atoms with van der Waals surface area (Å²) in [4.78, 5) is 16.3. The summed E-state index contributed by atoms with van der Waals surface area (Å²) >= 11 is 0. The fourth-order valence-corrected chi connectivity index (χ4v) is 2.57. The highest BCUT2D eigenvalue weighted by Gasteiger charge is 2.35. The summed E-state index contributed by atoms with van der Waals surface area (Å²) in [7, 11) is 0. The first-order valence-electron chi connectivity index (χ1n) is 6.49. The third-order valence-electron chi connectivity index (χ3n) is 3.85. The van der Waals surface area contributed by atoms with Crippen molar-refractivity contribution in [2.75, 3.05) is 0 Å². The van der Waals surface area contributed by atoms with E-state index in [0.717, 1.165) is 12.1 Å². The Morgan fingerprint density at radius 2 is 2.39 bits per heavy atom. The van der Waals surface area contributed by atoms with Gasteiger partial charge in [-0.05, 0) is 30.4 Å². The van der Waals surface area contributed by atoms with Crippen LogP contribution in [0.4, 0.5) is 0 Å². The average molecular weight is 247 g/mol. The number of rotatable bonds is 3. The van der Waals surface area contributed by atoms with Gasteiger partial charge in [0.25, 0.3) is 5.91 Å². The molecule has 1 fully saturated rings. The number of amides is 1. The number of nitrogens with two attached hydrogens (primary N) is 1. The molecule has 1 amide bonds. The van der Waals surface area contributed by atoms with Crippen LogP contribution in [0.3, 0.4) is 0 Å². The van der Waals surface area contributed by atoms with E-state index < -0.39 is 0 Å². The van der Waals surface area contributed by atoms with Gasteiger partial charge in [0.1, 0.15) is 0 Å². The second-order valence-electron chi connectivity index (χ2n) is 5.65. The molecule has 1 aromatic rings. The van der Waals surface area contributed by atoms with E-state index in [4.69, 9.17) is 5.73 Å². The van der Waals surface area contributed by atoms with Crippen molar-refractivity contribution >= 4 is 5.91 Å². The van der Waals surface area contributed by atoms with Gasteiger partial charge in [0.15, 0.2) is 0 Å². The number of nitrogens with one attached hydrogen (secondary N) is 1. The van der Waals surface area contributed by atoms with Gasteiger partial charge in [-0.1, -0.05) is 20.3 Å². The lowest BCUT2D eigenvalue weighted by Gasteiger charge is -2.27.